The highest BCUT2D eigenvalue weighted by Crippen LogP contribution is 2.18. The Balaban J connectivity index is 1.60. The summed E-state index contributed by atoms with van der Waals surface area (Å²) < 4.78 is 0. The second-order valence-corrected chi connectivity index (χ2v) is 4.88. The van der Waals surface area contributed by atoms with Gasteiger partial charge in [-0.25, -0.2) is 0 Å². The monoisotopic (exact) mass is 247 g/mol. The van der Waals surface area contributed by atoms with Crippen molar-refractivity contribution in [3.63, 3.8) is 0 Å². The summed E-state index contributed by atoms with van der Waals surface area (Å²) in [5.74, 6) is 0.0585. The Morgan fingerprint density at radius 1 is 1.44 bits per heavy atom. The van der Waals surface area contributed by atoms with Crippen LogP contribution in [0.4, 0.5) is 0 Å². The third-order valence-electron chi connectivity index (χ3n) is 3.13. The van der Waals surface area contributed by atoms with E-state index in [1.165, 1.54) is 12.8 Å². The van der Waals surface area contributed by atoms with E-state index in [2.05, 4.69) is 15.6 Å². The first kappa shape index (κ1) is 13.0. The number of aromatic nitrogens is 1. The molecule has 2 N–H and O–H groups in total. The normalized spacial score (nSPS) is 14.5. The molecule has 1 aromatic heterocycles. The van der Waals surface area contributed by atoms with Gasteiger partial charge < -0.3 is 10.6 Å². The molecule has 1 aliphatic carbocycles. The van der Waals surface area contributed by atoms with Crippen LogP contribution in [-0.4, -0.2) is 30.0 Å². The number of pyridine rings is 1. The number of aryl methyl sites for hydroxylation is 1. The number of rotatable bonds is 7. The minimum atomic E-state index is 0.0585. The van der Waals surface area contributed by atoms with Crippen LogP contribution in [0.25, 0.3) is 0 Å². The van der Waals surface area contributed by atoms with E-state index >= 15 is 0 Å². The lowest BCUT2D eigenvalue weighted by atomic mass is 10.1. The third kappa shape index (κ3) is 4.45. The van der Waals surface area contributed by atoms with Gasteiger partial charge in [-0.05, 0) is 44.4 Å². The molecule has 0 aliphatic heterocycles. The van der Waals surface area contributed by atoms with Crippen LogP contribution in [0.2, 0.25) is 0 Å². The maximum Gasteiger partial charge on any atom is 0.226 e. The molecule has 18 heavy (non-hydrogen) atoms. The molecule has 0 radical (unpaired) electrons. The van der Waals surface area contributed by atoms with E-state index < -0.39 is 0 Å². The van der Waals surface area contributed by atoms with Gasteiger partial charge in [0.1, 0.15) is 0 Å². The van der Waals surface area contributed by atoms with E-state index in [1.54, 1.807) is 6.20 Å². The van der Waals surface area contributed by atoms with Crippen molar-refractivity contribution in [1.82, 2.24) is 15.6 Å². The van der Waals surface area contributed by atoms with Crippen molar-refractivity contribution in [2.24, 2.45) is 0 Å². The smallest absolute Gasteiger partial charge is 0.226 e. The van der Waals surface area contributed by atoms with Crippen molar-refractivity contribution < 1.29 is 4.79 Å². The van der Waals surface area contributed by atoms with E-state index in [1.807, 2.05) is 19.1 Å². The Morgan fingerprint density at radius 3 is 3.00 bits per heavy atom. The lowest BCUT2D eigenvalue weighted by Gasteiger charge is -2.07. The summed E-state index contributed by atoms with van der Waals surface area (Å²) in [6.07, 6.45) is 5.72. The molecule has 0 spiro atoms. The first-order chi connectivity index (χ1) is 8.75. The zero-order chi connectivity index (χ0) is 12.8. The van der Waals surface area contributed by atoms with Gasteiger partial charge in [-0.2, -0.15) is 0 Å². The van der Waals surface area contributed by atoms with E-state index in [4.69, 9.17) is 0 Å². The Bertz CT molecular complexity index is 402. The Labute approximate surface area is 108 Å². The Morgan fingerprint density at radius 2 is 2.28 bits per heavy atom. The topological polar surface area (TPSA) is 54.0 Å². The molecule has 0 atom stereocenters. The summed E-state index contributed by atoms with van der Waals surface area (Å²) in [5, 5.41) is 6.36. The standard InChI is InChI=1S/C14H21N3O/c1-11-4-2-7-16-13(11)10-14(18)17-9-3-8-15-12-5-6-12/h2,4,7,12,15H,3,5-6,8-10H2,1H3,(H,17,18). The fourth-order valence-corrected chi connectivity index (χ4v) is 1.83. The lowest BCUT2D eigenvalue weighted by molar-refractivity contribution is -0.120. The summed E-state index contributed by atoms with van der Waals surface area (Å²) in [4.78, 5) is 15.9. The molecular formula is C14H21N3O. The van der Waals surface area contributed by atoms with Gasteiger partial charge in [-0.1, -0.05) is 6.07 Å². The maximum atomic E-state index is 11.7. The second kappa shape index (κ2) is 6.50. The Hall–Kier alpha value is -1.42. The minimum Gasteiger partial charge on any atom is -0.356 e. The molecule has 1 aliphatic rings. The first-order valence-electron chi connectivity index (χ1n) is 6.66. The van der Waals surface area contributed by atoms with Crippen molar-refractivity contribution in [3.8, 4) is 0 Å². The molecule has 2 rings (SSSR count). The van der Waals surface area contributed by atoms with Gasteiger partial charge in [0, 0.05) is 18.8 Å². The Kier molecular flexibility index (Phi) is 4.70. The van der Waals surface area contributed by atoms with E-state index in [-0.39, 0.29) is 5.91 Å². The molecule has 1 heterocycles. The maximum absolute atomic E-state index is 11.7. The average molecular weight is 247 g/mol. The molecule has 0 aromatic carbocycles. The van der Waals surface area contributed by atoms with Gasteiger partial charge in [0.25, 0.3) is 0 Å². The van der Waals surface area contributed by atoms with E-state index in [0.717, 1.165) is 36.8 Å². The number of carbonyl (C=O) groups excluding carboxylic acids is 1. The van der Waals surface area contributed by atoms with Crippen molar-refractivity contribution in [2.75, 3.05) is 13.1 Å². The number of nitrogens with zero attached hydrogens (tertiary/aromatic N) is 1. The van der Waals surface area contributed by atoms with Crippen molar-refractivity contribution in [2.45, 2.75) is 38.6 Å². The molecule has 98 valence electrons. The number of hydrogen-bond donors (Lipinski definition) is 2. The fraction of sp³-hybridized carbons (Fsp3) is 0.571. The molecule has 1 aromatic rings. The largest absolute Gasteiger partial charge is 0.356 e. The summed E-state index contributed by atoms with van der Waals surface area (Å²) in [7, 11) is 0. The minimum absolute atomic E-state index is 0.0585. The number of hydrogen-bond acceptors (Lipinski definition) is 3. The highest BCUT2D eigenvalue weighted by molar-refractivity contribution is 5.78. The number of amides is 1. The van der Waals surface area contributed by atoms with Gasteiger partial charge in [0.15, 0.2) is 0 Å². The zero-order valence-electron chi connectivity index (χ0n) is 10.9. The zero-order valence-corrected chi connectivity index (χ0v) is 10.9. The molecule has 4 heteroatoms. The lowest BCUT2D eigenvalue weighted by Crippen LogP contribution is -2.29. The summed E-state index contributed by atoms with van der Waals surface area (Å²) in [5.41, 5.74) is 1.94. The van der Waals surface area contributed by atoms with E-state index in [0.29, 0.717) is 6.42 Å². The molecule has 1 fully saturated rings. The van der Waals surface area contributed by atoms with Crippen LogP contribution in [0.3, 0.4) is 0 Å². The molecule has 0 bridgehead atoms. The van der Waals surface area contributed by atoms with Crippen LogP contribution in [0, 0.1) is 6.92 Å². The predicted octanol–water partition coefficient (Wildman–Crippen LogP) is 1.19. The van der Waals surface area contributed by atoms with Gasteiger partial charge in [-0.3, -0.25) is 9.78 Å². The molecule has 1 amide bonds. The van der Waals surface area contributed by atoms with Crippen LogP contribution in [0.1, 0.15) is 30.5 Å². The van der Waals surface area contributed by atoms with Gasteiger partial charge in [-0.15, -0.1) is 0 Å². The first-order valence-corrected chi connectivity index (χ1v) is 6.66. The fourth-order valence-electron chi connectivity index (χ4n) is 1.83. The van der Waals surface area contributed by atoms with Gasteiger partial charge in [0.05, 0.1) is 12.1 Å². The van der Waals surface area contributed by atoms with Crippen LogP contribution in [0.5, 0.6) is 0 Å². The summed E-state index contributed by atoms with van der Waals surface area (Å²) in [6, 6.07) is 4.62. The number of nitrogens with one attached hydrogen (secondary N) is 2. The van der Waals surface area contributed by atoms with Crippen LogP contribution < -0.4 is 10.6 Å². The summed E-state index contributed by atoms with van der Waals surface area (Å²) in [6.45, 7) is 3.72. The molecule has 4 nitrogen and oxygen atoms in total. The van der Waals surface area contributed by atoms with Crippen molar-refractivity contribution in [3.05, 3.63) is 29.6 Å². The SMILES string of the molecule is Cc1cccnc1CC(=O)NCCCNC1CC1. The van der Waals surface area contributed by atoms with Crippen molar-refractivity contribution in [1.29, 1.82) is 0 Å². The van der Waals surface area contributed by atoms with Gasteiger partial charge in [0.2, 0.25) is 5.91 Å². The highest BCUT2D eigenvalue weighted by atomic mass is 16.1. The third-order valence-corrected chi connectivity index (χ3v) is 3.13. The molecule has 0 saturated heterocycles. The molecule has 1 saturated carbocycles. The van der Waals surface area contributed by atoms with Crippen LogP contribution in [-0.2, 0) is 11.2 Å². The second-order valence-electron chi connectivity index (χ2n) is 4.88. The predicted molar refractivity (Wildman–Crippen MR) is 71.3 cm³/mol. The van der Waals surface area contributed by atoms with Crippen LogP contribution >= 0.6 is 0 Å². The summed E-state index contributed by atoms with van der Waals surface area (Å²) >= 11 is 0. The van der Waals surface area contributed by atoms with Crippen LogP contribution in [0.15, 0.2) is 18.3 Å². The quantitative estimate of drug-likeness (QED) is 0.712. The molecule has 0 unspecified atom stereocenters. The van der Waals surface area contributed by atoms with Crippen molar-refractivity contribution >= 4 is 5.91 Å². The molecular weight excluding hydrogens is 226 g/mol. The number of carbonyl (C=O) groups is 1. The van der Waals surface area contributed by atoms with Gasteiger partial charge >= 0.3 is 0 Å². The highest BCUT2D eigenvalue weighted by Gasteiger charge is 2.19. The van der Waals surface area contributed by atoms with E-state index in [9.17, 15) is 4.79 Å². The average Bonchev–Trinajstić information content (AvgIpc) is 3.16.